The van der Waals surface area contributed by atoms with E-state index < -0.39 is 22.0 Å². The van der Waals surface area contributed by atoms with Crippen LogP contribution in [0.4, 0.5) is 5.69 Å². The Labute approximate surface area is 107 Å². The van der Waals surface area contributed by atoms with Crippen molar-refractivity contribution in [3.05, 3.63) is 29.8 Å². The first kappa shape index (κ1) is 14.5. The van der Waals surface area contributed by atoms with Crippen LogP contribution >= 0.6 is 0 Å². The zero-order valence-electron chi connectivity index (χ0n) is 10.6. The number of nitrogens with zero attached hydrogens (tertiary/aromatic N) is 1. The van der Waals surface area contributed by atoms with E-state index in [9.17, 15) is 13.2 Å². The molecule has 18 heavy (non-hydrogen) atoms. The Balaban J connectivity index is 3.35. The summed E-state index contributed by atoms with van der Waals surface area (Å²) < 4.78 is 24.6. The molecule has 1 N–H and O–H groups in total. The SMILES string of the molecule is CC[C@@H](C(=O)O)N(c1cccc(C)c1)S(C)(=O)=O. The van der Waals surface area contributed by atoms with Crippen molar-refractivity contribution in [1.29, 1.82) is 0 Å². The predicted molar refractivity (Wildman–Crippen MR) is 70.2 cm³/mol. The summed E-state index contributed by atoms with van der Waals surface area (Å²) >= 11 is 0. The predicted octanol–water partition coefficient (Wildman–Crippen LogP) is 1.62. The summed E-state index contributed by atoms with van der Waals surface area (Å²) in [5, 5.41) is 9.13. The van der Waals surface area contributed by atoms with Gasteiger partial charge in [-0.1, -0.05) is 19.1 Å². The molecular formula is C12H17NO4S. The second-order valence-electron chi connectivity index (χ2n) is 4.16. The summed E-state index contributed by atoms with van der Waals surface area (Å²) in [7, 11) is -3.64. The van der Waals surface area contributed by atoms with Crippen molar-refractivity contribution in [2.24, 2.45) is 0 Å². The minimum Gasteiger partial charge on any atom is -0.480 e. The lowest BCUT2D eigenvalue weighted by Crippen LogP contribution is -2.44. The van der Waals surface area contributed by atoms with Crippen molar-refractivity contribution < 1.29 is 18.3 Å². The second-order valence-corrected chi connectivity index (χ2v) is 6.02. The van der Waals surface area contributed by atoms with Crippen LogP contribution in [0, 0.1) is 6.92 Å². The highest BCUT2D eigenvalue weighted by atomic mass is 32.2. The highest BCUT2D eigenvalue weighted by Gasteiger charge is 2.31. The van der Waals surface area contributed by atoms with E-state index >= 15 is 0 Å². The average molecular weight is 271 g/mol. The molecule has 1 aromatic rings. The summed E-state index contributed by atoms with van der Waals surface area (Å²) in [5.41, 5.74) is 1.26. The number of anilines is 1. The molecule has 100 valence electrons. The topological polar surface area (TPSA) is 74.7 Å². The lowest BCUT2D eigenvalue weighted by molar-refractivity contribution is -0.138. The fraction of sp³-hybridized carbons (Fsp3) is 0.417. The summed E-state index contributed by atoms with van der Waals surface area (Å²) in [5.74, 6) is -1.15. The fourth-order valence-corrected chi connectivity index (χ4v) is 3.01. The van der Waals surface area contributed by atoms with Crippen molar-refractivity contribution >= 4 is 21.7 Å². The van der Waals surface area contributed by atoms with E-state index in [0.717, 1.165) is 16.1 Å². The first-order valence-corrected chi connectivity index (χ1v) is 7.41. The number of aryl methyl sites for hydroxylation is 1. The van der Waals surface area contributed by atoms with Gasteiger partial charge in [0.25, 0.3) is 0 Å². The van der Waals surface area contributed by atoms with E-state index in [0.29, 0.717) is 5.69 Å². The summed E-state index contributed by atoms with van der Waals surface area (Å²) in [6.45, 7) is 3.47. The third kappa shape index (κ3) is 3.22. The van der Waals surface area contributed by atoms with Crippen molar-refractivity contribution in [3.63, 3.8) is 0 Å². The van der Waals surface area contributed by atoms with Gasteiger partial charge in [0.2, 0.25) is 10.0 Å². The van der Waals surface area contributed by atoms with Crippen molar-refractivity contribution in [2.45, 2.75) is 26.3 Å². The van der Waals surface area contributed by atoms with Gasteiger partial charge in [0.1, 0.15) is 6.04 Å². The zero-order valence-corrected chi connectivity index (χ0v) is 11.4. The Morgan fingerprint density at radius 3 is 2.44 bits per heavy atom. The number of aliphatic carboxylic acids is 1. The standard InChI is InChI=1S/C12H17NO4S/c1-4-11(12(14)15)13(18(3,16)17)10-7-5-6-9(2)8-10/h5-8,11H,4H2,1-3H3,(H,14,15)/t11-/m0/s1. The summed E-state index contributed by atoms with van der Waals surface area (Å²) in [6, 6.07) is 5.71. The maximum absolute atomic E-state index is 11.8. The quantitative estimate of drug-likeness (QED) is 0.883. The maximum atomic E-state index is 11.8. The molecule has 0 aliphatic rings. The van der Waals surface area contributed by atoms with Crippen molar-refractivity contribution in [3.8, 4) is 0 Å². The number of benzene rings is 1. The van der Waals surface area contributed by atoms with Gasteiger partial charge < -0.3 is 5.11 Å². The van der Waals surface area contributed by atoms with Gasteiger partial charge in [-0.15, -0.1) is 0 Å². The maximum Gasteiger partial charge on any atom is 0.327 e. The van der Waals surface area contributed by atoms with Crippen LogP contribution in [-0.2, 0) is 14.8 Å². The third-order valence-corrected chi connectivity index (χ3v) is 3.75. The molecule has 0 heterocycles. The van der Waals surface area contributed by atoms with Crippen molar-refractivity contribution in [1.82, 2.24) is 0 Å². The molecule has 0 bridgehead atoms. The Bertz CT molecular complexity index is 539. The highest BCUT2D eigenvalue weighted by molar-refractivity contribution is 7.92. The van der Waals surface area contributed by atoms with Gasteiger partial charge in [0.15, 0.2) is 0 Å². The number of sulfonamides is 1. The number of hydrogen-bond acceptors (Lipinski definition) is 3. The van der Waals surface area contributed by atoms with Gasteiger partial charge in [-0.05, 0) is 31.0 Å². The first-order chi connectivity index (χ1) is 8.27. The molecule has 1 atom stereocenters. The molecule has 1 aromatic carbocycles. The van der Waals surface area contributed by atoms with Crippen LogP contribution in [-0.4, -0.2) is 31.8 Å². The van der Waals surface area contributed by atoms with Crippen LogP contribution < -0.4 is 4.31 Å². The Morgan fingerprint density at radius 1 is 1.44 bits per heavy atom. The molecule has 0 spiro atoms. The van der Waals surface area contributed by atoms with Crippen LogP contribution in [0.3, 0.4) is 0 Å². The molecule has 6 heteroatoms. The monoisotopic (exact) mass is 271 g/mol. The molecule has 0 saturated carbocycles. The Kier molecular flexibility index (Phi) is 4.34. The van der Waals surface area contributed by atoms with Crippen LogP contribution in [0.15, 0.2) is 24.3 Å². The number of carboxylic acid groups (broad SMARTS) is 1. The van der Waals surface area contributed by atoms with Gasteiger partial charge in [-0.2, -0.15) is 0 Å². The Hall–Kier alpha value is -1.56. The molecule has 1 rings (SSSR count). The van der Waals surface area contributed by atoms with Gasteiger partial charge in [-0.3, -0.25) is 4.31 Å². The lowest BCUT2D eigenvalue weighted by Gasteiger charge is -2.28. The van der Waals surface area contributed by atoms with Crippen LogP contribution in [0.1, 0.15) is 18.9 Å². The zero-order chi connectivity index (χ0) is 13.9. The van der Waals surface area contributed by atoms with Crippen LogP contribution in [0.25, 0.3) is 0 Å². The first-order valence-electron chi connectivity index (χ1n) is 5.56. The molecule has 5 nitrogen and oxygen atoms in total. The number of carbonyl (C=O) groups is 1. The summed E-state index contributed by atoms with van der Waals surface area (Å²) in [4.78, 5) is 11.2. The molecule has 0 aliphatic carbocycles. The normalized spacial score (nSPS) is 13.1. The molecule has 0 amide bonds. The van der Waals surface area contributed by atoms with E-state index in [1.807, 2.05) is 13.0 Å². The largest absolute Gasteiger partial charge is 0.480 e. The Morgan fingerprint density at radius 2 is 2.06 bits per heavy atom. The molecule has 0 unspecified atom stereocenters. The number of carboxylic acids is 1. The molecule has 0 aliphatic heterocycles. The molecule has 0 radical (unpaired) electrons. The van der Waals surface area contributed by atoms with Gasteiger partial charge >= 0.3 is 5.97 Å². The number of rotatable bonds is 5. The number of hydrogen-bond donors (Lipinski definition) is 1. The molecular weight excluding hydrogens is 254 g/mol. The van der Waals surface area contributed by atoms with Crippen molar-refractivity contribution in [2.75, 3.05) is 10.6 Å². The van der Waals surface area contributed by atoms with Crippen LogP contribution in [0.2, 0.25) is 0 Å². The minimum atomic E-state index is -3.64. The molecule has 0 aromatic heterocycles. The minimum absolute atomic E-state index is 0.205. The van der Waals surface area contributed by atoms with Gasteiger partial charge in [0, 0.05) is 0 Å². The summed E-state index contributed by atoms with van der Waals surface area (Å²) in [6.07, 6.45) is 1.22. The average Bonchev–Trinajstić information content (AvgIpc) is 2.23. The third-order valence-electron chi connectivity index (χ3n) is 2.57. The van der Waals surface area contributed by atoms with E-state index in [2.05, 4.69) is 0 Å². The lowest BCUT2D eigenvalue weighted by atomic mass is 10.2. The van der Waals surface area contributed by atoms with Gasteiger partial charge in [0.05, 0.1) is 11.9 Å². The van der Waals surface area contributed by atoms with Crippen LogP contribution in [0.5, 0.6) is 0 Å². The van der Waals surface area contributed by atoms with E-state index in [1.54, 1.807) is 25.1 Å². The van der Waals surface area contributed by atoms with Gasteiger partial charge in [-0.25, -0.2) is 13.2 Å². The molecule has 0 saturated heterocycles. The second kappa shape index (κ2) is 5.39. The smallest absolute Gasteiger partial charge is 0.327 e. The highest BCUT2D eigenvalue weighted by Crippen LogP contribution is 2.23. The molecule has 0 fully saturated rings. The van der Waals surface area contributed by atoms with E-state index in [-0.39, 0.29) is 6.42 Å². The van der Waals surface area contributed by atoms with E-state index in [1.165, 1.54) is 0 Å². The van der Waals surface area contributed by atoms with E-state index in [4.69, 9.17) is 5.11 Å². The fourth-order valence-electron chi connectivity index (χ4n) is 1.81.